The Balaban J connectivity index is 3.62. The molecule has 0 aliphatic carbocycles. The number of unbranched alkanes of at least 4 members (excludes halogenated alkanes) is 11. The van der Waals surface area contributed by atoms with Crippen molar-refractivity contribution in [3.8, 4) is 0 Å². The number of hydrogen-bond donors (Lipinski definition) is 2. The molecule has 11 heteroatoms. The van der Waals surface area contributed by atoms with Crippen molar-refractivity contribution in [1.82, 2.24) is 0 Å². The Morgan fingerprint density at radius 3 is 1.97 bits per heavy atom. The number of allylic oxidation sites excluding steroid dienone is 2. The van der Waals surface area contributed by atoms with Gasteiger partial charge in [0.05, 0.1) is 6.61 Å². The maximum Gasteiger partial charge on any atom is 0.305 e. The van der Waals surface area contributed by atoms with Crippen LogP contribution in [-0.4, -0.2) is 49.0 Å². The Hall–Kier alpha value is -1.29. The van der Waals surface area contributed by atoms with Crippen molar-refractivity contribution in [2.75, 3.05) is 19.8 Å². The van der Waals surface area contributed by atoms with E-state index in [1.807, 2.05) is 0 Å². The van der Waals surface area contributed by atoms with Gasteiger partial charge in [0.1, 0.15) is 31.3 Å². The lowest BCUT2D eigenvalue weighted by molar-refractivity contribution is -0.441. The van der Waals surface area contributed by atoms with Crippen LogP contribution in [0.3, 0.4) is 0 Å². The number of carboxylic acid groups (broad SMARTS) is 1. The zero-order valence-corrected chi connectivity index (χ0v) is 22.1. The van der Waals surface area contributed by atoms with Crippen LogP contribution in [0.5, 0.6) is 0 Å². The summed E-state index contributed by atoms with van der Waals surface area (Å²) < 4.78 is 25.2. The van der Waals surface area contributed by atoms with E-state index >= 15 is 0 Å². The summed E-state index contributed by atoms with van der Waals surface area (Å²) in [4.78, 5) is 33.7. The fraction of sp³-hybridized carbons (Fsp3) is 0.833. The molecule has 0 saturated heterocycles. The zero-order chi connectivity index (χ0) is 26.4. The number of aliphatic hydroxyl groups excluding tert-OH is 1. The van der Waals surface area contributed by atoms with Crippen molar-refractivity contribution >= 4 is 19.8 Å². The van der Waals surface area contributed by atoms with Crippen molar-refractivity contribution in [2.45, 2.75) is 109 Å². The average Bonchev–Trinajstić information content (AvgIpc) is 2.82. The maximum absolute atomic E-state index is 11.7. The normalized spacial score (nSPS) is 15.1. The van der Waals surface area contributed by atoms with Crippen molar-refractivity contribution in [1.29, 1.82) is 0 Å². The molecule has 10 nitrogen and oxygen atoms in total. The van der Waals surface area contributed by atoms with E-state index < -0.39 is 51.7 Å². The molecule has 0 aliphatic heterocycles. The Bertz CT molecular complexity index is 630. The number of rotatable bonds is 24. The molecule has 0 fully saturated rings. The molecule has 35 heavy (non-hydrogen) atoms. The molecule has 4 N–H and O–H groups in total. The van der Waals surface area contributed by atoms with E-state index in [1.165, 1.54) is 44.9 Å². The highest BCUT2D eigenvalue weighted by atomic mass is 31.2. The van der Waals surface area contributed by atoms with Gasteiger partial charge in [0.15, 0.2) is 0 Å². The Morgan fingerprint density at radius 1 is 0.886 bits per heavy atom. The third-order valence-electron chi connectivity index (χ3n) is 5.27. The van der Waals surface area contributed by atoms with Crippen molar-refractivity contribution in [2.24, 2.45) is 0 Å². The van der Waals surface area contributed by atoms with E-state index in [0.29, 0.717) is 6.42 Å². The Kier molecular flexibility index (Phi) is 21.1. The minimum Gasteiger partial charge on any atom is -0.756 e. The summed E-state index contributed by atoms with van der Waals surface area (Å²) in [6, 6.07) is -1.39. The Morgan fingerprint density at radius 2 is 1.40 bits per heavy atom. The molecule has 0 radical (unpaired) electrons. The van der Waals surface area contributed by atoms with Gasteiger partial charge >= 0.3 is 5.97 Å². The molecule has 0 aromatic rings. The number of hydrogen-bond acceptors (Lipinski definition) is 9. The number of carbonyl (C=O) groups is 2. The predicted octanol–water partition coefficient (Wildman–Crippen LogP) is 1.79. The van der Waals surface area contributed by atoms with Gasteiger partial charge in [-0.25, -0.2) is 0 Å². The van der Waals surface area contributed by atoms with E-state index in [9.17, 15) is 29.3 Å². The number of esters is 1. The maximum atomic E-state index is 11.7. The molecule has 3 atom stereocenters. The first-order valence-corrected chi connectivity index (χ1v) is 14.3. The summed E-state index contributed by atoms with van der Waals surface area (Å²) in [6.45, 7) is 0.383. The summed E-state index contributed by atoms with van der Waals surface area (Å²) >= 11 is 0. The van der Waals surface area contributed by atoms with Crippen LogP contribution in [0.2, 0.25) is 0 Å². The van der Waals surface area contributed by atoms with Gasteiger partial charge in [-0.15, -0.1) is 0 Å². The highest BCUT2D eigenvalue weighted by molar-refractivity contribution is 7.45. The number of aliphatic hydroxyl groups is 1. The van der Waals surface area contributed by atoms with E-state index in [2.05, 4.69) is 33.9 Å². The van der Waals surface area contributed by atoms with Crippen LogP contribution in [-0.2, 0) is 27.9 Å². The lowest BCUT2D eigenvalue weighted by Crippen LogP contribution is -2.70. The molecule has 0 amide bonds. The summed E-state index contributed by atoms with van der Waals surface area (Å²) in [5.41, 5.74) is 3.14. The minimum atomic E-state index is -4.82. The third-order valence-corrected chi connectivity index (χ3v) is 6.20. The zero-order valence-electron chi connectivity index (χ0n) is 21.2. The number of phosphoric ester groups is 1. The molecule has 0 aromatic heterocycles. The first kappa shape index (κ1) is 33.7. The highest BCUT2D eigenvalue weighted by Gasteiger charge is 2.18. The van der Waals surface area contributed by atoms with Gasteiger partial charge in [0.2, 0.25) is 0 Å². The number of quaternary nitrogens is 1. The molecule has 1 unspecified atom stereocenters. The van der Waals surface area contributed by atoms with Crippen LogP contribution >= 0.6 is 7.82 Å². The molecular formula is C24H45NO9P-. The molecule has 0 aliphatic rings. The monoisotopic (exact) mass is 522 g/mol. The second-order valence-electron chi connectivity index (χ2n) is 8.73. The van der Waals surface area contributed by atoms with E-state index in [1.54, 1.807) is 0 Å². The quantitative estimate of drug-likeness (QED) is 0.0829. The molecule has 0 heterocycles. The van der Waals surface area contributed by atoms with Crippen LogP contribution in [0.15, 0.2) is 12.2 Å². The lowest BCUT2D eigenvalue weighted by atomic mass is 10.1. The number of aliphatic carboxylic acids is 1. The first-order valence-electron chi connectivity index (χ1n) is 12.8. The second-order valence-corrected chi connectivity index (χ2v) is 10.1. The van der Waals surface area contributed by atoms with Gasteiger partial charge in [-0.2, -0.15) is 0 Å². The van der Waals surface area contributed by atoms with Crippen LogP contribution in [0.1, 0.15) is 96.8 Å². The lowest BCUT2D eigenvalue weighted by Gasteiger charge is -2.24. The number of carboxylic acids is 1. The van der Waals surface area contributed by atoms with Gasteiger partial charge in [-0.3, -0.25) is 9.36 Å². The molecule has 0 aromatic carbocycles. The van der Waals surface area contributed by atoms with Crippen LogP contribution in [0.4, 0.5) is 0 Å². The molecule has 0 spiro atoms. The molecule has 0 rings (SSSR count). The SMILES string of the molecule is CCCCCCCC/C=C/CCCCCCCC(=O)OC[C@@H](O)COP(=O)([O-])OC[C@H]([NH3+])C(=O)[O-]. The second kappa shape index (κ2) is 21.9. The van der Waals surface area contributed by atoms with E-state index in [4.69, 9.17) is 4.74 Å². The summed E-state index contributed by atoms with van der Waals surface area (Å²) in [6.07, 6.45) is 18.5. The van der Waals surface area contributed by atoms with E-state index in [-0.39, 0.29) is 6.42 Å². The van der Waals surface area contributed by atoms with Gasteiger partial charge in [-0.05, 0) is 32.1 Å². The molecule has 0 saturated carbocycles. The molecular weight excluding hydrogens is 477 g/mol. The van der Waals surface area contributed by atoms with Crippen molar-refractivity contribution in [3.05, 3.63) is 12.2 Å². The van der Waals surface area contributed by atoms with Crippen molar-refractivity contribution < 1.29 is 48.8 Å². The van der Waals surface area contributed by atoms with E-state index in [0.717, 1.165) is 32.1 Å². The van der Waals surface area contributed by atoms with Crippen LogP contribution < -0.4 is 15.7 Å². The van der Waals surface area contributed by atoms with Crippen LogP contribution in [0, 0.1) is 0 Å². The average molecular weight is 523 g/mol. The topological polar surface area (TPSA) is 173 Å². The third kappa shape index (κ3) is 22.9. The van der Waals surface area contributed by atoms with Gasteiger partial charge in [0.25, 0.3) is 7.82 Å². The van der Waals surface area contributed by atoms with Crippen LogP contribution in [0.25, 0.3) is 0 Å². The summed E-state index contributed by atoms with van der Waals surface area (Å²) in [7, 11) is -4.82. The van der Waals surface area contributed by atoms with Crippen molar-refractivity contribution in [3.63, 3.8) is 0 Å². The molecule has 0 bridgehead atoms. The summed E-state index contributed by atoms with van der Waals surface area (Å²) in [5, 5.41) is 20.2. The fourth-order valence-corrected chi connectivity index (χ4v) is 3.91. The first-order chi connectivity index (χ1) is 16.7. The fourth-order valence-electron chi connectivity index (χ4n) is 3.11. The highest BCUT2D eigenvalue weighted by Crippen LogP contribution is 2.38. The number of phosphoric acid groups is 1. The van der Waals surface area contributed by atoms with Gasteiger partial charge < -0.3 is 39.4 Å². The smallest absolute Gasteiger partial charge is 0.305 e. The van der Waals surface area contributed by atoms with Gasteiger partial charge in [0, 0.05) is 6.42 Å². The summed E-state index contributed by atoms with van der Waals surface area (Å²) in [5.74, 6) is -2.04. The molecule has 206 valence electrons. The minimum absolute atomic E-state index is 0.225. The largest absolute Gasteiger partial charge is 0.756 e. The number of ether oxygens (including phenoxy) is 1. The predicted molar refractivity (Wildman–Crippen MR) is 128 cm³/mol. The number of carbonyl (C=O) groups excluding carboxylic acids is 2. The Labute approximate surface area is 209 Å². The standard InChI is InChI=1S/C24H46NO9P/c1-2-3-4-5-6-7-8-9-10-11-12-13-14-15-16-17-23(27)32-18-21(26)19-33-35(30,31)34-20-22(25)24(28)29/h9-10,21-22,26H,2-8,11-20,25H2,1H3,(H,28,29)(H,30,31)/p-1/b10-9+/t21-,22+/m1/s1. The van der Waals surface area contributed by atoms with Gasteiger partial charge in [-0.1, -0.05) is 70.4 Å².